The van der Waals surface area contributed by atoms with Gasteiger partial charge in [-0.2, -0.15) is 0 Å². The van der Waals surface area contributed by atoms with E-state index in [1.807, 2.05) is 45.0 Å². The Balaban J connectivity index is 1.48. The second-order valence-electron chi connectivity index (χ2n) is 9.61. The highest BCUT2D eigenvalue weighted by Crippen LogP contribution is 2.44. The Morgan fingerprint density at radius 3 is 2.11 bits per heavy atom. The van der Waals surface area contributed by atoms with E-state index in [4.69, 9.17) is 4.74 Å². The van der Waals surface area contributed by atoms with Crippen molar-refractivity contribution < 1.29 is 24.2 Å². The van der Waals surface area contributed by atoms with Crippen LogP contribution in [0.1, 0.15) is 63.5 Å². The molecule has 2 unspecified atom stereocenters. The van der Waals surface area contributed by atoms with Crippen LogP contribution in [0.15, 0.2) is 48.5 Å². The summed E-state index contributed by atoms with van der Waals surface area (Å²) in [6.07, 6.45) is 1.41. The van der Waals surface area contributed by atoms with E-state index in [0.29, 0.717) is 18.8 Å². The Labute approximate surface area is 207 Å². The first-order chi connectivity index (χ1) is 16.8. The molecule has 0 saturated heterocycles. The van der Waals surface area contributed by atoms with E-state index >= 15 is 0 Å². The minimum atomic E-state index is -1.02. The standard InChI is InChI=1S/C28H36N2O5/c1-4-19(15-26(31)30-25(27(32)33)14-13-18(2)3)16-29-28(34)35-17-24-22-11-7-5-9-20(22)21-10-6-8-12-23(21)24/h5-12,18-19,24-25H,4,13-17H2,1-3H3,(H,29,34)(H,30,31)(H,32,33). The average Bonchev–Trinajstić information content (AvgIpc) is 3.16. The third-order valence-electron chi connectivity index (χ3n) is 6.60. The molecule has 188 valence electrons. The zero-order valence-corrected chi connectivity index (χ0v) is 20.8. The van der Waals surface area contributed by atoms with Crippen molar-refractivity contribution in [3.05, 3.63) is 59.7 Å². The van der Waals surface area contributed by atoms with Gasteiger partial charge in [-0.3, -0.25) is 4.79 Å². The van der Waals surface area contributed by atoms with Crippen LogP contribution in [-0.2, 0) is 14.3 Å². The van der Waals surface area contributed by atoms with Crippen molar-refractivity contribution in [1.82, 2.24) is 10.6 Å². The fourth-order valence-electron chi connectivity index (χ4n) is 4.51. The van der Waals surface area contributed by atoms with Gasteiger partial charge in [-0.25, -0.2) is 9.59 Å². The summed E-state index contributed by atoms with van der Waals surface area (Å²) >= 11 is 0. The van der Waals surface area contributed by atoms with Crippen molar-refractivity contribution in [3.8, 4) is 11.1 Å². The molecular weight excluding hydrogens is 444 g/mol. The minimum Gasteiger partial charge on any atom is -0.480 e. The number of aliphatic carboxylic acids is 1. The lowest BCUT2D eigenvalue weighted by Crippen LogP contribution is -2.42. The van der Waals surface area contributed by atoms with Gasteiger partial charge in [0.15, 0.2) is 0 Å². The van der Waals surface area contributed by atoms with Gasteiger partial charge in [0, 0.05) is 18.9 Å². The Bertz CT molecular complexity index is 990. The number of amides is 2. The molecule has 35 heavy (non-hydrogen) atoms. The van der Waals surface area contributed by atoms with Crippen LogP contribution in [0.4, 0.5) is 4.79 Å². The molecule has 3 rings (SSSR count). The molecule has 0 saturated carbocycles. The number of benzene rings is 2. The first-order valence-corrected chi connectivity index (χ1v) is 12.4. The number of fused-ring (bicyclic) bond motifs is 3. The largest absolute Gasteiger partial charge is 0.480 e. The summed E-state index contributed by atoms with van der Waals surface area (Å²) in [7, 11) is 0. The quantitative estimate of drug-likeness (QED) is 0.399. The topological polar surface area (TPSA) is 105 Å². The Morgan fingerprint density at radius 2 is 1.57 bits per heavy atom. The fraction of sp³-hybridized carbons (Fsp3) is 0.464. The van der Waals surface area contributed by atoms with E-state index in [1.165, 1.54) is 11.1 Å². The van der Waals surface area contributed by atoms with Crippen molar-refractivity contribution in [2.75, 3.05) is 13.2 Å². The highest BCUT2D eigenvalue weighted by atomic mass is 16.5. The maximum absolute atomic E-state index is 12.4. The maximum atomic E-state index is 12.4. The van der Waals surface area contributed by atoms with Crippen LogP contribution in [0.25, 0.3) is 11.1 Å². The average molecular weight is 481 g/mol. The molecule has 0 spiro atoms. The fourth-order valence-corrected chi connectivity index (χ4v) is 4.51. The van der Waals surface area contributed by atoms with Crippen LogP contribution in [0, 0.1) is 11.8 Å². The second kappa shape index (κ2) is 12.4. The van der Waals surface area contributed by atoms with Crippen molar-refractivity contribution in [2.24, 2.45) is 11.8 Å². The van der Waals surface area contributed by atoms with Gasteiger partial charge in [0.25, 0.3) is 0 Å². The monoisotopic (exact) mass is 480 g/mol. The van der Waals surface area contributed by atoms with Crippen molar-refractivity contribution in [2.45, 2.75) is 58.4 Å². The van der Waals surface area contributed by atoms with Gasteiger partial charge in [-0.15, -0.1) is 0 Å². The van der Waals surface area contributed by atoms with Gasteiger partial charge in [-0.1, -0.05) is 75.7 Å². The normalized spacial score (nSPS) is 14.1. The molecule has 0 radical (unpaired) electrons. The molecule has 0 heterocycles. The molecule has 7 heteroatoms. The minimum absolute atomic E-state index is 0.0142. The molecule has 1 aliphatic carbocycles. The third kappa shape index (κ3) is 7.07. The van der Waals surface area contributed by atoms with E-state index in [0.717, 1.165) is 17.5 Å². The second-order valence-corrected chi connectivity index (χ2v) is 9.61. The number of carbonyl (C=O) groups is 3. The summed E-state index contributed by atoms with van der Waals surface area (Å²) in [5.74, 6) is -1.11. The zero-order chi connectivity index (χ0) is 25.4. The van der Waals surface area contributed by atoms with Gasteiger partial charge in [0.1, 0.15) is 12.6 Å². The van der Waals surface area contributed by atoms with Gasteiger partial charge in [0.05, 0.1) is 0 Å². The SMILES string of the molecule is CCC(CNC(=O)OCC1c2ccccc2-c2ccccc21)CC(=O)NC(CCC(C)C)C(=O)O. The summed E-state index contributed by atoms with van der Waals surface area (Å²) in [5, 5.41) is 14.8. The molecule has 0 bridgehead atoms. The first-order valence-electron chi connectivity index (χ1n) is 12.4. The van der Waals surface area contributed by atoms with Crippen molar-refractivity contribution >= 4 is 18.0 Å². The maximum Gasteiger partial charge on any atom is 0.407 e. The van der Waals surface area contributed by atoms with Gasteiger partial charge in [0.2, 0.25) is 5.91 Å². The van der Waals surface area contributed by atoms with Crippen LogP contribution in [0.3, 0.4) is 0 Å². The molecule has 0 aliphatic heterocycles. The van der Waals surface area contributed by atoms with Gasteiger partial charge >= 0.3 is 12.1 Å². The molecule has 2 aromatic rings. The zero-order valence-electron chi connectivity index (χ0n) is 20.8. The lowest BCUT2D eigenvalue weighted by Gasteiger charge is -2.19. The lowest BCUT2D eigenvalue weighted by molar-refractivity contribution is -0.142. The molecule has 2 amide bonds. The number of hydrogen-bond donors (Lipinski definition) is 3. The molecule has 2 atom stereocenters. The predicted molar refractivity (Wildman–Crippen MR) is 135 cm³/mol. The summed E-state index contributed by atoms with van der Waals surface area (Å²) in [6, 6.07) is 15.4. The van der Waals surface area contributed by atoms with E-state index < -0.39 is 18.1 Å². The number of carbonyl (C=O) groups excluding carboxylic acids is 2. The number of hydrogen-bond acceptors (Lipinski definition) is 4. The first kappa shape index (κ1) is 26.3. The Kier molecular flexibility index (Phi) is 9.29. The molecule has 0 aromatic heterocycles. The number of ether oxygens (including phenoxy) is 1. The Morgan fingerprint density at radius 1 is 0.971 bits per heavy atom. The molecule has 1 aliphatic rings. The van der Waals surface area contributed by atoms with Crippen LogP contribution >= 0.6 is 0 Å². The van der Waals surface area contributed by atoms with Crippen molar-refractivity contribution in [3.63, 3.8) is 0 Å². The third-order valence-corrected chi connectivity index (χ3v) is 6.60. The molecule has 0 fully saturated rings. The van der Waals surface area contributed by atoms with Crippen molar-refractivity contribution in [1.29, 1.82) is 0 Å². The van der Waals surface area contributed by atoms with Gasteiger partial charge < -0.3 is 20.5 Å². The van der Waals surface area contributed by atoms with Gasteiger partial charge in [-0.05, 0) is 46.9 Å². The number of carboxylic acid groups (broad SMARTS) is 1. The molecule has 7 nitrogen and oxygen atoms in total. The summed E-state index contributed by atoms with van der Waals surface area (Å²) in [4.78, 5) is 36.3. The highest BCUT2D eigenvalue weighted by Gasteiger charge is 2.29. The highest BCUT2D eigenvalue weighted by molar-refractivity contribution is 5.83. The summed E-state index contributed by atoms with van der Waals surface area (Å²) in [6.45, 7) is 6.48. The van der Waals surface area contributed by atoms with Crippen LogP contribution in [0.5, 0.6) is 0 Å². The number of rotatable bonds is 12. The van der Waals surface area contributed by atoms with E-state index in [1.54, 1.807) is 0 Å². The van der Waals surface area contributed by atoms with E-state index in [9.17, 15) is 19.5 Å². The molecule has 3 N–H and O–H groups in total. The number of nitrogens with one attached hydrogen (secondary N) is 2. The lowest BCUT2D eigenvalue weighted by atomic mass is 9.98. The molecule has 2 aromatic carbocycles. The smallest absolute Gasteiger partial charge is 0.407 e. The van der Waals surface area contributed by atoms with E-state index in [-0.39, 0.29) is 37.3 Å². The van der Waals surface area contributed by atoms with Crippen LogP contribution < -0.4 is 10.6 Å². The predicted octanol–water partition coefficient (Wildman–Crippen LogP) is 4.95. The number of carboxylic acids is 1. The van der Waals surface area contributed by atoms with E-state index in [2.05, 4.69) is 34.9 Å². The number of alkyl carbamates (subject to hydrolysis) is 1. The summed E-state index contributed by atoms with van der Waals surface area (Å²) < 4.78 is 5.56. The summed E-state index contributed by atoms with van der Waals surface area (Å²) in [5.41, 5.74) is 4.63. The molecular formula is C28H36N2O5. The van der Waals surface area contributed by atoms with Crippen LogP contribution in [-0.4, -0.2) is 42.3 Å². The van der Waals surface area contributed by atoms with Crippen LogP contribution in [0.2, 0.25) is 0 Å². The Hall–Kier alpha value is -3.35.